The Labute approximate surface area is 274 Å². The molecule has 1 saturated heterocycles. The second-order valence-corrected chi connectivity index (χ2v) is 13.8. The molecule has 0 aromatic rings. The molecule has 0 aromatic carbocycles. The summed E-state index contributed by atoms with van der Waals surface area (Å²) in [4.78, 5) is 39.9. The average molecular weight is 619 g/mol. The van der Waals surface area contributed by atoms with Crippen LogP contribution in [0.25, 0.3) is 0 Å². The zero-order chi connectivity index (χ0) is 31.9. The highest BCUT2D eigenvalue weighted by Gasteiger charge is 2.43. The number of hydrogen-bond donors (Lipinski definition) is 0. The zero-order valence-electron chi connectivity index (χ0n) is 29.7. The Morgan fingerprint density at radius 2 is 0.477 bits per heavy atom. The highest BCUT2D eigenvalue weighted by molar-refractivity contribution is 6.44. The van der Waals surface area contributed by atoms with E-state index in [4.69, 9.17) is 0 Å². The number of imide groups is 2. The van der Waals surface area contributed by atoms with Crippen molar-refractivity contribution in [1.82, 2.24) is 9.80 Å². The van der Waals surface area contributed by atoms with Gasteiger partial charge in [0.1, 0.15) is 0 Å². The number of rotatable bonds is 34. The van der Waals surface area contributed by atoms with Crippen molar-refractivity contribution < 1.29 is 14.4 Å². The van der Waals surface area contributed by atoms with E-state index in [0.29, 0.717) is 13.1 Å². The molecule has 4 amide bonds. The summed E-state index contributed by atoms with van der Waals surface area (Å²) in [6, 6.07) is -0.387. The molecule has 1 aliphatic rings. The first-order chi connectivity index (χ1) is 21.6. The van der Waals surface area contributed by atoms with E-state index < -0.39 is 11.8 Å². The lowest BCUT2D eigenvalue weighted by Crippen LogP contribution is -2.34. The number of carbonyl (C=O) groups excluding carboxylic acids is 3. The molecule has 0 spiro atoms. The van der Waals surface area contributed by atoms with Gasteiger partial charge in [0, 0.05) is 13.1 Å². The van der Waals surface area contributed by atoms with Crippen LogP contribution in [0.3, 0.4) is 0 Å². The summed E-state index contributed by atoms with van der Waals surface area (Å²) in [5, 5.41) is 0. The van der Waals surface area contributed by atoms with Gasteiger partial charge in [0.2, 0.25) is 0 Å². The quantitative estimate of drug-likeness (QED) is 0.0409. The first kappa shape index (κ1) is 40.6. The van der Waals surface area contributed by atoms with E-state index in [0.717, 1.165) is 38.5 Å². The molecule has 0 unspecified atom stereocenters. The van der Waals surface area contributed by atoms with Crippen LogP contribution in [0.15, 0.2) is 0 Å². The van der Waals surface area contributed by atoms with Crippen molar-refractivity contribution in [3.8, 4) is 0 Å². The van der Waals surface area contributed by atoms with Crippen molar-refractivity contribution in [3.63, 3.8) is 0 Å². The first-order valence-electron chi connectivity index (χ1n) is 19.8. The summed E-state index contributed by atoms with van der Waals surface area (Å²) < 4.78 is 0. The van der Waals surface area contributed by atoms with Crippen molar-refractivity contribution in [2.45, 2.75) is 219 Å². The van der Waals surface area contributed by atoms with E-state index >= 15 is 0 Å². The molecule has 0 bridgehead atoms. The molecule has 0 aromatic heterocycles. The minimum Gasteiger partial charge on any atom is -0.263 e. The van der Waals surface area contributed by atoms with Gasteiger partial charge in [-0.3, -0.25) is 19.4 Å². The van der Waals surface area contributed by atoms with Gasteiger partial charge in [-0.25, -0.2) is 4.79 Å². The number of unbranched alkanes of at least 4 members (excludes halogenated alkanes) is 30. The van der Waals surface area contributed by atoms with Gasteiger partial charge in [-0.15, -0.1) is 0 Å². The summed E-state index contributed by atoms with van der Waals surface area (Å²) in [6.07, 6.45) is 41.4. The smallest absolute Gasteiger partial charge is 0.263 e. The molecule has 258 valence electrons. The van der Waals surface area contributed by atoms with Crippen LogP contribution in [-0.2, 0) is 9.59 Å². The van der Waals surface area contributed by atoms with Crippen molar-refractivity contribution in [2.75, 3.05) is 13.1 Å². The Kier molecular flexibility index (Phi) is 28.0. The monoisotopic (exact) mass is 619 g/mol. The number of urea groups is 1. The summed E-state index contributed by atoms with van der Waals surface area (Å²) in [6.45, 7) is 5.32. The number of hydrogen-bond acceptors (Lipinski definition) is 3. The van der Waals surface area contributed by atoms with Crippen molar-refractivity contribution in [3.05, 3.63) is 0 Å². The van der Waals surface area contributed by atoms with Crippen LogP contribution in [0.5, 0.6) is 0 Å². The molecule has 5 heteroatoms. The molecular weight excluding hydrogens is 544 g/mol. The third kappa shape index (κ3) is 21.4. The predicted molar refractivity (Wildman–Crippen MR) is 188 cm³/mol. The highest BCUT2D eigenvalue weighted by atomic mass is 16.2. The zero-order valence-corrected chi connectivity index (χ0v) is 29.7. The number of nitrogens with zero attached hydrogens (tertiary/aromatic N) is 2. The lowest BCUT2D eigenvalue weighted by atomic mass is 10.0. The van der Waals surface area contributed by atoms with E-state index in [1.807, 2.05) is 0 Å². The van der Waals surface area contributed by atoms with Gasteiger partial charge in [0.25, 0.3) is 0 Å². The molecular formula is C39H74N2O3. The van der Waals surface area contributed by atoms with Gasteiger partial charge < -0.3 is 0 Å². The number of carbonyl (C=O) groups is 3. The van der Waals surface area contributed by atoms with Crippen molar-refractivity contribution >= 4 is 17.8 Å². The summed E-state index contributed by atoms with van der Waals surface area (Å²) in [5.41, 5.74) is 0. The Balaban J connectivity index is 1.93. The minimum absolute atomic E-state index is 0.386. The summed E-state index contributed by atoms with van der Waals surface area (Å²) in [7, 11) is 0. The van der Waals surface area contributed by atoms with Gasteiger partial charge in [0.05, 0.1) is 0 Å². The topological polar surface area (TPSA) is 57.7 Å². The van der Waals surface area contributed by atoms with Gasteiger partial charge in [0.15, 0.2) is 0 Å². The minimum atomic E-state index is -0.618. The largest absolute Gasteiger partial charge is 0.334 e. The van der Waals surface area contributed by atoms with Crippen molar-refractivity contribution in [2.24, 2.45) is 0 Å². The fraction of sp³-hybridized carbons (Fsp3) is 0.923. The van der Waals surface area contributed by atoms with E-state index in [-0.39, 0.29) is 6.03 Å². The second kappa shape index (κ2) is 30.3. The molecule has 0 aliphatic carbocycles. The molecule has 1 aliphatic heterocycles. The molecule has 0 atom stereocenters. The lowest BCUT2D eigenvalue weighted by molar-refractivity contribution is -0.143. The molecule has 1 fully saturated rings. The predicted octanol–water partition coefficient (Wildman–Crippen LogP) is 12.3. The van der Waals surface area contributed by atoms with Crippen molar-refractivity contribution in [1.29, 1.82) is 0 Å². The molecule has 0 N–H and O–H groups in total. The van der Waals surface area contributed by atoms with E-state index in [2.05, 4.69) is 13.8 Å². The molecule has 0 radical (unpaired) electrons. The third-order valence-electron chi connectivity index (χ3n) is 9.61. The summed E-state index contributed by atoms with van der Waals surface area (Å²) in [5.74, 6) is -1.24. The Bertz CT molecular complexity index is 639. The second-order valence-electron chi connectivity index (χ2n) is 13.8. The van der Waals surface area contributed by atoms with Crippen LogP contribution >= 0.6 is 0 Å². The van der Waals surface area contributed by atoms with E-state index in [1.54, 1.807) is 0 Å². The number of amides is 4. The van der Waals surface area contributed by atoms with E-state index in [1.165, 1.54) is 177 Å². The van der Waals surface area contributed by atoms with Crippen LogP contribution in [0.4, 0.5) is 4.79 Å². The molecule has 1 heterocycles. The fourth-order valence-electron chi connectivity index (χ4n) is 6.58. The molecule has 1 rings (SSSR count). The van der Waals surface area contributed by atoms with Gasteiger partial charge in [-0.2, -0.15) is 0 Å². The maximum atomic E-state index is 12.7. The highest BCUT2D eigenvalue weighted by Crippen LogP contribution is 2.18. The summed E-state index contributed by atoms with van der Waals surface area (Å²) >= 11 is 0. The van der Waals surface area contributed by atoms with Crippen LogP contribution < -0.4 is 0 Å². The normalized spacial score (nSPS) is 13.6. The molecule has 44 heavy (non-hydrogen) atoms. The van der Waals surface area contributed by atoms with Crippen LogP contribution in [0.1, 0.15) is 219 Å². The lowest BCUT2D eigenvalue weighted by Gasteiger charge is -2.15. The maximum absolute atomic E-state index is 12.7. The Morgan fingerprint density at radius 1 is 0.295 bits per heavy atom. The Hall–Kier alpha value is -1.39. The standard InChI is InChI=1S/C39H74N2O3/c1-3-5-7-9-11-13-15-17-19-21-23-25-27-29-31-33-35-40-37(42)38(43)41(39(40)44)36-34-32-30-28-26-24-22-20-18-16-14-12-10-8-6-4-2/h3-36H2,1-2H3. The van der Waals surface area contributed by atoms with Crippen LogP contribution in [0.2, 0.25) is 0 Å². The van der Waals surface area contributed by atoms with Gasteiger partial charge >= 0.3 is 17.8 Å². The van der Waals surface area contributed by atoms with Gasteiger partial charge in [-0.05, 0) is 12.8 Å². The third-order valence-corrected chi connectivity index (χ3v) is 9.61. The van der Waals surface area contributed by atoms with E-state index in [9.17, 15) is 14.4 Å². The Morgan fingerprint density at radius 3 is 0.682 bits per heavy atom. The van der Waals surface area contributed by atoms with Gasteiger partial charge in [-0.1, -0.05) is 206 Å². The average Bonchev–Trinajstić information content (AvgIpc) is 3.22. The maximum Gasteiger partial charge on any atom is 0.334 e. The van der Waals surface area contributed by atoms with Crippen LogP contribution in [0, 0.1) is 0 Å². The first-order valence-corrected chi connectivity index (χ1v) is 19.8. The van der Waals surface area contributed by atoms with Crippen LogP contribution in [-0.4, -0.2) is 40.7 Å². The molecule has 0 saturated carbocycles. The molecule has 5 nitrogen and oxygen atoms in total. The SMILES string of the molecule is CCCCCCCCCCCCCCCCCCN1C(=O)C(=O)N(CCCCCCCCCCCCCCCCCC)C1=O. The fourth-order valence-corrected chi connectivity index (χ4v) is 6.58.